The van der Waals surface area contributed by atoms with E-state index in [0.29, 0.717) is 0 Å². The van der Waals surface area contributed by atoms with Crippen molar-refractivity contribution in [3.63, 3.8) is 0 Å². The third-order valence-electron chi connectivity index (χ3n) is 4.25. The summed E-state index contributed by atoms with van der Waals surface area (Å²) in [5, 5.41) is 21.2. The van der Waals surface area contributed by atoms with Crippen molar-refractivity contribution < 1.29 is 38.9 Å². The number of fused-ring (bicyclic) bond motifs is 2. The lowest BCUT2D eigenvalue weighted by atomic mass is 9.63. The number of esters is 3. The molecule has 0 saturated carbocycles. The zero-order chi connectivity index (χ0) is 15.7. The zero-order valence-corrected chi connectivity index (χ0v) is 11.2. The summed E-state index contributed by atoms with van der Waals surface area (Å²) in [7, 11) is 0. The van der Waals surface area contributed by atoms with Gasteiger partial charge in [-0.15, -0.1) is 0 Å². The average Bonchev–Trinajstić information content (AvgIpc) is 2.74. The minimum absolute atomic E-state index is 0.180. The van der Waals surface area contributed by atoms with Crippen molar-refractivity contribution in [1.82, 2.24) is 0 Å². The summed E-state index contributed by atoms with van der Waals surface area (Å²) < 4.78 is 9.29. The van der Waals surface area contributed by atoms with Crippen molar-refractivity contribution >= 4 is 23.7 Å². The van der Waals surface area contributed by atoms with E-state index in [1.807, 2.05) is 0 Å². The first-order valence-corrected chi connectivity index (χ1v) is 6.27. The normalized spacial score (nSPS) is 41.6. The Labute approximate surface area is 118 Å². The maximum Gasteiger partial charge on any atom is 0.342 e. The largest absolute Gasteiger partial charge is 0.428 e. The Hall–Kier alpha value is -2.06. The van der Waals surface area contributed by atoms with Crippen LogP contribution in [-0.4, -0.2) is 45.3 Å². The molecule has 2 aliphatic heterocycles. The molecule has 2 N–H and O–H groups in total. The lowest BCUT2D eigenvalue weighted by Crippen LogP contribution is -2.62. The Morgan fingerprint density at radius 3 is 2.48 bits per heavy atom. The summed E-state index contributed by atoms with van der Waals surface area (Å²) in [6.45, 7) is 2.22. The molecule has 2 heterocycles. The highest BCUT2D eigenvalue weighted by atomic mass is 16.7. The van der Waals surface area contributed by atoms with Crippen molar-refractivity contribution in [1.29, 1.82) is 0 Å². The SMILES string of the molecule is CC(=O)[C@H]1[C@@](C)(O)[C@H]2C(=O)OC(=O)C2=C2CC(=O)O[C@@]21O. The van der Waals surface area contributed by atoms with E-state index in [1.165, 1.54) is 0 Å². The van der Waals surface area contributed by atoms with E-state index in [0.717, 1.165) is 13.8 Å². The van der Waals surface area contributed by atoms with Gasteiger partial charge in [0.15, 0.2) is 0 Å². The minimum atomic E-state index is -2.43. The van der Waals surface area contributed by atoms with Gasteiger partial charge in [-0.3, -0.25) is 14.4 Å². The molecule has 0 bridgehead atoms. The Morgan fingerprint density at radius 2 is 1.90 bits per heavy atom. The van der Waals surface area contributed by atoms with Gasteiger partial charge in [0.1, 0.15) is 17.6 Å². The fraction of sp³-hybridized carbons (Fsp3) is 0.538. The smallest absolute Gasteiger partial charge is 0.342 e. The summed E-state index contributed by atoms with van der Waals surface area (Å²) in [6, 6.07) is 0. The number of ketones is 1. The number of Topliss-reactive ketones (excluding diaryl/α,β-unsaturated/α-hetero) is 1. The summed E-state index contributed by atoms with van der Waals surface area (Å²) in [5.74, 6) is -9.03. The van der Waals surface area contributed by atoms with Gasteiger partial charge in [0.25, 0.3) is 0 Å². The first-order chi connectivity index (χ1) is 9.60. The van der Waals surface area contributed by atoms with Crippen LogP contribution in [-0.2, 0) is 28.7 Å². The van der Waals surface area contributed by atoms with E-state index in [-0.39, 0.29) is 11.1 Å². The molecular formula is C13H12O8. The van der Waals surface area contributed by atoms with Crippen LogP contribution in [0.2, 0.25) is 0 Å². The second kappa shape index (κ2) is 3.77. The summed E-state index contributed by atoms with van der Waals surface area (Å²) in [4.78, 5) is 47.0. The average molecular weight is 296 g/mol. The third-order valence-corrected chi connectivity index (χ3v) is 4.25. The van der Waals surface area contributed by atoms with E-state index >= 15 is 0 Å². The molecule has 1 aliphatic carbocycles. The van der Waals surface area contributed by atoms with Gasteiger partial charge in [0, 0.05) is 5.57 Å². The Balaban J connectivity index is 2.34. The summed E-state index contributed by atoms with van der Waals surface area (Å²) in [5.41, 5.74) is -2.59. The predicted molar refractivity (Wildman–Crippen MR) is 62.1 cm³/mol. The van der Waals surface area contributed by atoms with Gasteiger partial charge in [0.2, 0.25) is 5.79 Å². The van der Waals surface area contributed by atoms with Gasteiger partial charge in [-0.1, -0.05) is 0 Å². The van der Waals surface area contributed by atoms with Crippen LogP contribution in [0.15, 0.2) is 11.1 Å². The van der Waals surface area contributed by atoms with E-state index in [1.54, 1.807) is 0 Å². The molecule has 8 heteroatoms. The van der Waals surface area contributed by atoms with Crippen molar-refractivity contribution in [2.24, 2.45) is 11.8 Å². The van der Waals surface area contributed by atoms with Crippen molar-refractivity contribution in [2.75, 3.05) is 0 Å². The molecule has 0 amide bonds. The van der Waals surface area contributed by atoms with Crippen molar-refractivity contribution in [3.05, 3.63) is 11.1 Å². The Morgan fingerprint density at radius 1 is 1.29 bits per heavy atom. The number of hydrogen-bond acceptors (Lipinski definition) is 8. The predicted octanol–water partition coefficient (Wildman–Crippen LogP) is -1.41. The molecule has 4 atom stereocenters. The van der Waals surface area contributed by atoms with Gasteiger partial charge in [-0.05, 0) is 13.8 Å². The van der Waals surface area contributed by atoms with Gasteiger partial charge >= 0.3 is 17.9 Å². The topological polar surface area (TPSA) is 127 Å². The van der Waals surface area contributed by atoms with E-state index in [9.17, 15) is 29.4 Å². The van der Waals surface area contributed by atoms with E-state index in [2.05, 4.69) is 4.74 Å². The van der Waals surface area contributed by atoms with Gasteiger partial charge in [-0.2, -0.15) is 0 Å². The molecule has 2 saturated heterocycles. The number of cyclic esters (lactones) is 2. The molecule has 8 nitrogen and oxygen atoms in total. The Kier molecular flexibility index (Phi) is 2.50. The van der Waals surface area contributed by atoms with Gasteiger partial charge in [0.05, 0.1) is 17.6 Å². The third kappa shape index (κ3) is 1.51. The quantitative estimate of drug-likeness (QED) is 0.446. The highest BCUT2D eigenvalue weighted by Gasteiger charge is 2.70. The molecule has 0 aromatic heterocycles. The maximum absolute atomic E-state index is 11.9. The molecule has 0 aromatic carbocycles. The van der Waals surface area contributed by atoms with Crippen LogP contribution in [0.4, 0.5) is 0 Å². The Bertz CT molecular complexity index is 643. The highest BCUT2D eigenvalue weighted by Crippen LogP contribution is 2.54. The summed E-state index contributed by atoms with van der Waals surface area (Å²) >= 11 is 0. The molecule has 0 spiro atoms. The van der Waals surface area contributed by atoms with Crippen molar-refractivity contribution in [2.45, 2.75) is 31.7 Å². The molecule has 21 heavy (non-hydrogen) atoms. The molecule has 0 unspecified atom stereocenters. The van der Waals surface area contributed by atoms with E-state index in [4.69, 9.17) is 4.74 Å². The molecule has 3 rings (SSSR count). The molecule has 112 valence electrons. The van der Waals surface area contributed by atoms with Gasteiger partial charge < -0.3 is 19.7 Å². The van der Waals surface area contributed by atoms with Crippen LogP contribution < -0.4 is 0 Å². The minimum Gasteiger partial charge on any atom is -0.428 e. The monoisotopic (exact) mass is 296 g/mol. The van der Waals surface area contributed by atoms with Crippen LogP contribution in [0.25, 0.3) is 0 Å². The number of carbonyl (C=O) groups is 4. The fourth-order valence-electron chi connectivity index (χ4n) is 3.58. The van der Waals surface area contributed by atoms with Crippen molar-refractivity contribution in [3.8, 4) is 0 Å². The van der Waals surface area contributed by atoms with Crippen LogP contribution in [0.1, 0.15) is 20.3 Å². The standard InChI is InChI=1S/C13H12O8/c1-4(14)9-12(2,18)8-7(10(16)20-11(8)17)5-3-6(15)21-13(5,9)19/h8-9,18-19H,3H2,1-2H3/t8-,9+,12+,13+/m1/s1. The first-order valence-electron chi connectivity index (χ1n) is 6.27. The molecule has 0 radical (unpaired) electrons. The molecule has 3 aliphatic rings. The number of aliphatic hydroxyl groups is 2. The van der Waals surface area contributed by atoms with Crippen LogP contribution in [0.3, 0.4) is 0 Å². The van der Waals surface area contributed by atoms with Crippen LogP contribution >= 0.6 is 0 Å². The van der Waals surface area contributed by atoms with Crippen LogP contribution in [0.5, 0.6) is 0 Å². The highest BCUT2D eigenvalue weighted by molar-refractivity contribution is 6.10. The molecular weight excluding hydrogens is 284 g/mol. The lowest BCUT2D eigenvalue weighted by molar-refractivity contribution is -0.230. The molecule has 2 fully saturated rings. The number of carbonyl (C=O) groups excluding carboxylic acids is 4. The maximum atomic E-state index is 11.9. The number of rotatable bonds is 1. The summed E-state index contributed by atoms with van der Waals surface area (Å²) in [6.07, 6.45) is -0.440. The van der Waals surface area contributed by atoms with E-state index < -0.39 is 53.3 Å². The zero-order valence-electron chi connectivity index (χ0n) is 11.2. The number of hydrogen-bond donors (Lipinski definition) is 2. The fourth-order valence-corrected chi connectivity index (χ4v) is 3.58. The molecule has 0 aromatic rings. The van der Waals surface area contributed by atoms with Crippen LogP contribution in [0, 0.1) is 11.8 Å². The number of ether oxygens (including phenoxy) is 2. The second-order valence-corrected chi connectivity index (χ2v) is 5.65. The second-order valence-electron chi connectivity index (χ2n) is 5.65. The van der Waals surface area contributed by atoms with Gasteiger partial charge in [-0.25, -0.2) is 4.79 Å². The first kappa shape index (κ1) is 13.9. The lowest BCUT2D eigenvalue weighted by Gasteiger charge is -2.45.